The Labute approximate surface area is 203 Å². The van der Waals surface area contributed by atoms with Gasteiger partial charge in [-0.05, 0) is 49.1 Å². The van der Waals surface area contributed by atoms with Gasteiger partial charge >= 0.3 is 0 Å². The van der Waals surface area contributed by atoms with Crippen LogP contribution < -0.4 is 15.6 Å². The molecule has 1 unspecified atom stereocenters. The number of carbonyl (C=O) groups is 1. The number of nitrogens with zero attached hydrogens (tertiary/aromatic N) is 3. The maximum Gasteiger partial charge on any atom is 0.282 e. The Morgan fingerprint density at radius 1 is 1.14 bits per heavy atom. The van der Waals surface area contributed by atoms with Gasteiger partial charge in [0.15, 0.2) is 0 Å². The number of hydrogen-bond acceptors (Lipinski definition) is 5. The van der Waals surface area contributed by atoms with Crippen LogP contribution in [0.15, 0.2) is 71.8 Å². The molecule has 0 aliphatic carbocycles. The van der Waals surface area contributed by atoms with E-state index in [4.69, 9.17) is 9.47 Å². The fourth-order valence-corrected chi connectivity index (χ4v) is 4.41. The number of methoxy groups -OCH3 is 1. The van der Waals surface area contributed by atoms with Gasteiger partial charge in [-0.2, -0.15) is 9.78 Å². The number of pyridine rings is 1. The summed E-state index contributed by atoms with van der Waals surface area (Å²) in [6, 6.07) is 17.0. The van der Waals surface area contributed by atoms with Crippen LogP contribution in [0.25, 0.3) is 16.9 Å². The van der Waals surface area contributed by atoms with Crippen LogP contribution in [0.1, 0.15) is 28.8 Å². The first kappa shape index (κ1) is 22.9. The quantitative estimate of drug-likeness (QED) is 0.425. The highest BCUT2D eigenvalue weighted by atomic mass is 16.5. The van der Waals surface area contributed by atoms with E-state index in [9.17, 15) is 9.59 Å². The van der Waals surface area contributed by atoms with Gasteiger partial charge in [0, 0.05) is 32.1 Å². The molecule has 3 heterocycles. The van der Waals surface area contributed by atoms with Crippen molar-refractivity contribution in [3.8, 4) is 22.7 Å². The Kier molecular flexibility index (Phi) is 6.63. The number of carbonyl (C=O) groups excluding carboxylic acids is 1. The van der Waals surface area contributed by atoms with Gasteiger partial charge in [0.05, 0.1) is 30.0 Å². The van der Waals surface area contributed by atoms with Gasteiger partial charge < -0.3 is 19.4 Å². The number of benzene rings is 2. The smallest absolute Gasteiger partial charge is 0.282 e. The summed E-state index contributed by atoms with van der Waals surface area (Å²) in [5.41, 5.74) is 2.68. The van der Waals surface area contributed by atoms with Crippen LogP contribution in [0.3, 0.4) is 0 Å². The minimum Gasteiger partial charge on any atom is -0.497 e. The molecule has 8 nitrogen and oxygen atoms in total. The lowest BCUT2D eigenvalue weighted by molar-refractivity contribution is 0.0937. The second kappa shape index (κ2) is 10.1. The van der Waals surface area contributed by atoms with Gasteiger partial charge in [0.1, 0.15) is 11.4 Å². The molecule has 1 atom stereocenters. The summed E-state index contributed by atoms with van der Waals surface area (Å²) in [6.07, 6.45) is 6.27. The van der Waals surface area contributed by atoms with E-state index in [0.717, 1.165) is 30.8 Å². The van der Waals surface area contributed by atoms with E-state index in [1.54, 1.807) is 19.5 Å². The molecule has 3 aliphatic rings. The molecule has 35 heavy (non-hydrogen) atoms. The number of hydrogen-bond donors (Lipinski definition) is 1. The zero-order valence-corrected chi connectivity index (χ0v) is 19.6. The van der Waals surface area contributed by atoms with Gasteiger partial charge in [0.2, 0.25) is 0 Å². The lowest BCUT2D eigenvalue weighted by Gasteiger charge is -2.16. The Hall–Kier alpha value is -3.91. The fraction of sp³-hybridized carbons (Fsp3) is 0.296. The molecule has 2 aromatic rings. The molecule has 5 rings (SSSR count). The first-order chi connectivity index (χ1) is 17.1. The molecule has 1 fully saturated rings. The molecule has 3 aliphatic heterocycles. The number of nitrogens with one attached hydrogen (secondary N) is 1. The highest BCUT2D eigenvalue weighted by molar-refractivity contribution is 5.99. The van der Waals surface area contributed by atoms with Crippen LogP contribution in [0.2, 0.25) is 0 Å². The molecule has 0 radical (unpaired) electrons. The number of fused-ring (bicyclic) bond motifs is 1. The molecule has 1 saturated heterocycles. The van der Waals surface area contributed by atoms with Gasteiger partial charge in [0.25, 0.3) is 11.5 Å². The molecule has 0 bridgehead atoms. The average molecular weight is 473 g/mol. The largest absolute Gasteiger partial charge is 0.497 e. The Morgan fingerprint density at radius 2 is 1.94 bits per heavy atom. The van der Waals surface area contributed by atoms with Crippen LogP contribution >= 0.6 is 0 Å². The summed E-state index contributed by atoms with van der Waals surface area (Å²) in [5, 5.41) is 7.54. The zero-order chi connectivity index (χ0) is 24.2. The third-order valence-corrected chi connectivity index (χ3v) is 6.26. The van der Waals surface area contributed by atoms with Crippen LogP contribution in [0.4, 0.5) is 0 Å². The summed E-state index contributed by atoms with van der Waals surface area (Å²) >= 11 is 0. The third-order valence-electron chi connectivity index (χ3n) is 6.26. The van der Waals surface area contributed by atoms with Crippen LogP contribution in [-0.4, -0.2) is 46.6 Å². The van der Waals surface area contributed by atoms with Crippen molar-refractivity contribution in [1.29, 1.82) is 0 Å². The first-order valence-electron chi connectivity index (χ1n) is 11.8. The van der Waals surface area contributed by atoms with Gasteiger partial charge in [-0.1, -0.05) is 30.3 Å². The predicted octanol–water partition coefficient (Wildman–Crippen LogP) is 3.30. The second-order valence-electron chi connectivity index (χ2n) is 8.67. The van der Waals surface area contributed by atoms with E-state index in [0.29, 0.717) is 42.0 Å². The van der Waals surface area contributed by atoms with Crippen molar-refractivity contribution in [1.82, 2.24) is 19.7 Å². The van der Waals surface area contributed by atoms with Crippen molar-refractivity contribution < 1.29 is 14.3 Å². The molecule has 0 aromatic heterocycles. The molecule has 1 amide bonds. The number of rotatable bonds is 8. The monoisotopic (exact) mass is 472 g/mol. The average Bonchev–Trinajstić information content (AvgIpc) is 3.52. The molecule has 1 N–H and O–H groups in total. The highest BCUT2D eigenvalue weighted by Crippen LogP contribution is 2.24. The molecule has 0 spiro atoms. The first-order valence-corrected chi connectivity index (χ1v) is 11.8. The lowest BCUT2D eigenvalue weighted by atomic mass is 10.1. The SMILES string of the molecule is COc1ccc(CCNC(=O)c2cn(CC3CCCO3)cc3c(=O)n(-c4ccccc4)nc2-3)cc1. The fourth-order valence-electron chi connectivity index (χ4n) is 4.41. The van der Waals surface area contributed by atoms with Crippen molar-refractivity contribution in [2.75, 3.05) is 20.3 Å². The summed E-state index contributed by atoms with van der Waals surface area (Å²) in [4.78, 5) is 26.5. The van der Waals surface area contributed by atoms with Crippen molar-refractivity contribution in [2.45, 2.75) is 31.9 Å². The van der Waals surface area contributed by atoms with Gasteiger partial charge in [-0.15, -0.1) is 0 Å². The minimum atomic E-state index is -0.261. The summed E-state index contributed by atoms with van der Waals surface area (Å²) in [5.74, 6) is 0.533. The Bertz CT molecular complexity index is 1320. The Morgan fingerprint density at radius 3 is 2.66 bits per heavy atom. The van der Waals surface area contributed by atoms with Crippen LogP contribution in [0, 0.1) is 0 Å². The number of para-hydroxylation sites is 1. The maximum atomic E-state index is 13.3. The summed E-state index contributed by atoms with van der Waals surface area (Å²) in [7, 11) is 1.63. The number of amides is 1. The lowest BCUT2D eigenvalue weighted by Crippen LogP contribution is -2.28. The van der Waals surface area contributed by atoms with E-state index in [1.807, 2.05) is 59.2 Å². The molecule has 180 valence electrons. The van der Waals surface area contributed by atoms with Crippen molar-refractivity contribution >= 4 is 5.91 Å². The standard InChI is InChI=1S/C27H28N4O4/c1-34-21-11-9-19(10-12-21)13-14-28-26(32)23-17-30(16-22-8-5-15-35-22)18-24-25(23)29-31(27(24)33)20-6-3-2-4-7-20/h2-4,6-7,9-12,17-18,22H,5,8,13-16H2,1H3,(H,28,32). The number of ether oxygens (including phenoxy) is 2. The summed E-state index contributed by atoms with van der Waals surface area (Å²) in [6.45, 7) is 1.78. The topological polar surface area (TPSA) is 87.4 Å². The maximum absolute atomic E-state index is 13.3. The van der Waals surface area contributed by atoms with Crippen LogP contribution in [-0.2, 0) is 17.7 Å². The second-order valence-corrected chi connectivity index (χ2v) is 8.67. The van der Waals surface area contributed by atoms with E-state index in [-0.39, 0.29) is 17.6 Å². The molecule has 2 aromatic carbocycles. The third kappa shape index (κ3) is 4.97. The minimum absolute atomic E-state index is 0.0719. The van der Waals surface area contributed by atoms with E-state index >= 15 is 0 Å². The molecular formula is C27H28N4O4. The summed E-state index contributed by atoms with van der Waals surface area (Å²) < 4.78 is 14.2. The van der Waals surface area contributed by atoms with Crippen molar-refractivity contribution in [2.24, 2.45) is 0 Å². The van der Waals surface area contributed by atoms with Gasteiger partial charge in [-0.3, -0.25) is 9.59 Å². The molecule has 0 saturated carbocycles. The van der Waals surface area contributed by atoms with E-state index < -0.39 is 0 Å². The van der Waals surface area contributed by atoms with E-state index in [1.165, 1.54) is 4.68 Å². The van der Waals surface area contributed by atoms with Crippen molar-refractivity contribution in [3.63, 3.8) is 0 Å². The zero-order valence-electron chi connectivity index (χ0n) is 19.6. The molecular weight excluding hydrogens is 444 g/mol. The van der Waals surface area contributed by atoms with Crippen molar-refractivity contribution in [3.05, 3.63) is 88.5 Å². The highest BCUT2D eigenvalue weighted by Gasteiger charge is 2.25. The predicted molar refractivity (Wildman–Crippen MR) is 132 cm³/mol. The van der Waals surface area contributed by atoms with Crippen LogP contribution in [0.5, 0.6) is 5.75 Å². The molecule has 8 heteroatoms. The van der Waals surface area contributed by atoms with E-state index in [2.05, 4.69) is 10.4 Å². The van der Waals surface area contributed by atoms with Gasteiger partial charge in [-0.25, -0.2) is 0 Å². The Balaban J connectivity index is 1.43. The number of aromatic nitrogens is 3. The normalized spacial score (nSPS) is 15.4.